The highest BCUT2D eigenvalue weighted by molar-refractivity contribution is 5.95. The maximum atomic E-state index is 11.8. The van der Waals surface area contributed by atoms with E-state index in [0.717, 1.165) is 23.2 Å². The summed E-state index contributed by atoms with van der Waals surface area (Å²) in [6, 6.07) is 5.62. The van der Waals surface area contributed by atoms with Crippen LogP contribution in [0.25, 0.3) is 0 Å². The predicted molar refractivity (Wildman–Crippen MR) is 85.8 cm³/mol. The van der Waals surface area contributed by atoms with E-state index in [9.17, 15) is 14.4 Å². The molecule has 1 aliphatic rings. The van der Waals surface area contributed by atoms with Crippen LogP contribution in [0.4, 0.5) is 5.69 Å². The van der Waals surface area contributed by atoms with Gasteiger partial charge in [0.15, 0.2) is 6.61 Å². The number of amides is 2. The van der Waals surface area contributed by atoms with E-state index in [-0.39, 0.29) is 30.9 Å². The number of nitrogens with one attached hydrogen (secondary N) is 2. The first-order valence-electron chi connectivity index (χ1n) is 7.68. The van der Waals surface area contributed by atoms with Crippen LogP contribution in [0.15, 0.2) is 18.2 Å². The van der Waals surface area contributed by atoms with Crippen molar-refractivity contribution in [3.8, 4) is 0 Å². The van der Waals surface area contributed by atoms with E-state index in [0.29, 0.717) is 5.92 Å². The molecule has 0 saturated heterocycles. The first kappa shape index (κ1) is 17.0. The molecule has 2 rings (SSSR count). The van der Waals surface area contributed by atoms with Crippen molar-refractivity contribution >= 4 is 23.5 Å². The summed E-state index contributed by atoms with van der Waals surface area (Å²) in [4.78, 5) is 34.9. The number of hydrogen-bond donors (Lipinski definition) is 2. The topological polar surface area (TPSA) is 84.5 Å². The van der Waals surface area contributed by atoms with Crippen molar-refractivity contribution in [3.05, 3.63) is 29.3 Å². The Morgan fingerprint density at radius 1 is 1.22 bits per heavy atom. The number of carbonyl (C=O) groups is 3. The summed E-state index contributed by atoms with van der Waals surface area (Å²) in [5, 5.41) is 5.18. The second-order valence-electron chi connectivity index (χ2n) is 6.00. The average molecular weight is 318 g/mol. The Kier molecular flexibility index (Phi) is 5.36. The van der Waals surface area contributed by atoms with Crippen molar-refractivity contribution in [2.75, 3.05) is 18.5 Å². The third-order valence-corrected chi connectivity index (χ3v) is 4.08. The van der Waals surface area contributed by atoms with Crippen LogP contribution in [-0.4, -0.2) is 30.9 Å². The molecule has 6 heteroatoms. The summed E-state index contributed by atoms with van der Waals surface area (Å²) < 4.78 is 4.90. The number of anilines is 1. The Hall–Kier alpha value is -2.37. The van der Waals surface area contributed by atoms with Crippen LogP contribution in [0.1, 0.15) is 24.5 Å². The number of carbonyl (C=O) groups excluding carboxylic acids is 3. The molecule has 23 heavy (non-hydrogen) atoms. The molecule has 0 bridgehead atoms. The van der Waals surface area contributed by atoms with Gasteiger partial charge in [-0.2, -0.15) is 0 Å². The van der Waals surface area contributed by atoms with Crippen molar-refractivity contribution in [1.29, 1.82) is 0 Å². The van der Waals surface area contributed by atoms with E-state index in [2.05, 4.69) is 10.6 Å². The minimum absolute atomic E-state index is 0.0737. The van der Waals surface area contributed by atoms with E-state index in [1.165, 1.54) is 0 Å². The second-order valence-corrected chi connectivity index (χ2v) is 6.00. The zero-order chi connectivity index (χ0) is 17.0. The van der Waals surface area contributed by atoms with E-state index in [4.69, 9.17) is 4.74 Å². The van der Waals surface area contributed by atoms with Gasteiger partial charge >= 0.3 is 5.97 Å². The molecule has 6 nitrogen and oxygen atoms in total. The molecular weight excluding hydrogens is 296 g/mol. The van der Waals surface area contributed by atoms with Gasteiger partial charge in [-0.05, 0) is 43.4 Å². The zero-order valence-electron chi connectivity index (χ0n) is 13.6. The molecule has 1 aliphatic carbocycles. The van der Waals surface area contributed by atoms with Crippen LogP contribution in [0.5, 0.6) is 0 Å². The van der Waals surface area contributed by atoms with Gasteiger partial charge < -0.3 is 15.4 Å². The number of aryl methyl sites for hydroxylation is 1. The van der Waals surface area contributed by atoms with Gasteiger partial charge in [-0.15, -0.1) is 0 Å². The summed E-state index contributed by atoms with van der Waals surface area (Å²) in [5.74, 6) is -0.881. The fourth-order valence-corrected chi connectivity index (χ4v) is 2.21. The summed E-state index contributed by atoms with van der Waals surface area (Å²) in [5.41, 5.74) is 2.78. The Labute approximate surface area is 135 Å². The van der Waals surface area contributed by atoms with Crippen LogP contribution in [0, 0.1) is 25.7 Å². The zero-order valence-corrected chi connectivity index (χ0v) is 13.6. The quantitative estimate of drug-likeness (QED) is 0.780. The van der Waals surface area contributed by atoms with Crippen molar-refractivity contribution in [1.82, 2.24) is 5.32 Å². The van der Waals surface area contributed by atoms with Crippen LogP contribution in [0.2, 0.25) is 0 Å². The Morgan fingerprint density at radius 2 is 1.91 bits per heavy atom. The molecule has 0 spiro atoms. The fourth-order valence-electron chi connectivity index (χ4n) is 2.21. The number of rotatable bonds is 6. The monoisotopic (exact) mass is 318 g/mol. The molecule has 0 radical (unpaired) electrons. The maximum Gasteiger partial charge on any atom is 0.309 e. The Bertz CT molecular complexity index is 627. The van der Waals surface area contributed by atoms with Crippen LogP contribution in [-0.2, 0) is 19.1 Å². The van der Waals surface area contributed by atoms with E-state index in [1.54, 1.807) is 6.07 Å². The third kappa shape index (κ3) is 4.81. The summed E-state index contributed by atoms with van der Waals surface area (Å²) in [6.07, 6.45) is 0.818. The fraction of sp³-hybridized carbons (Fsp3) is 0.471. The average Bonchev–Trinajstić information content (AvgIpc) is 3.24. The van der Waals surface area contributed by atoms with Crippen molar-refractivity contribution in [3.63, 3.8) is 0 Å². The first-order valence-corrected chi connectivity index (χ1v) is 7.68. The molecule has 1 fully saturated rings. The molecule has 2 N–H and O–H groups in total. The first-order chi connectivity index (χ1) is 10.9. The van der Waals surface area contributed by atoms with Gasteiger partial charge in [0.25, 0.3) is 5.91 Å². The largest absolute Gasteiger partial charge is 0.455 e. The lowest BCUT2D eigenvalue weighted by Gasteiger charge is -2.11. The van der Waals surface area contributed by atoms with E-state index >= 15 is 0 Å². The highest BCUT2D eigenvalue weighted by atomic mass is 16.5. The van der Waals surface area contributed by atoms with Crippen LogP contribution < -0.4 is 10.6 Å². The van der Waals surface area contributed by atoms with Gasteiger partial charge in [0.05, 0.1) is 12.5 Å². The number of esters is 1. The minimum atomic E-state index is -0.484. The lowest BCUT2D eigenvalue weighted by molar-refractivity contribution is -0.150. The predicted octanol–water partition coefficient (Wildman–Crippen LogP) is 1.56. The van der Waals surface area contributed by atoms with Gasteiger partial charge in [0, 0.05) is 5.69 Å². The lowest BCUT2D eigenvalue weighted by atomic mass is 10.1. The SMILES string of the molecule is Cc1cccc(NC(=O)CNC(=O)COC(=O)C2CC2C)c1C. The highest BCUT2D eigenvalue weighted by Gasteiger charge is 2.40. The number of ether oxygens (including phenoxy) is 1. The van der Waals surface area contributed by atoms with Crippen molar-refractivity contribution in [2.45, 2.75) is 27.2 Å². The van der Waals surface area contributed by atoms with Gasteiger partial charge in [0.1, 0.15) is 0 Å². The number of benzene rings is 1. The molecule has 0 heterocycles. The molecular formula is C17H22N2O4. The van der Waals surface area contributed by atoms with Gasteiger partial charge in [-0.1, -0.05) is 19.1 Å². The smallest absolute Gasteiger partial charge is 0.309 e. The molecule has 0 aliphatic heterocycles. The molecule has 0 aromatic heterocycles. The van der Waals surface area contributed by atoms with Gasteiger partial charge in [-0.3, -0.25) is 14.4 Å². The molecule has 1 saturated carbocycles. The van der Waals surface area contributed by atoms with Crippen LogP contribution >= 0.6 is 0 Å². The minimum Gasteiger partial charge on any atom is -0.455 e. The Morgan fingerprint density at radius 3 is 2.57 bits per heavy atom. The van der Waals surface area contributed by atoms with Crippen molar-refractivity contribution < 1.29 is 19.1 Å². The highest BCUT2D eigenvalue weighted by Crippen LogP contribution is 2.38. The summed E-state index contributed by atoms with van der Waals surface area (Å²) in [7, 11) is 0. The van der Waals surface area contributed by atoms with Crippen LogP contribution in [0.3, 0.4) is 0 Å². The second kappa shape index (κ2) is 7.26. The normalized spacial score (nSPS) is 18.9. The molecule has 124 valence electrons. The maximum absolute atomic E-state index is 11.8. The molecule has 1 aromatic rings. The summed E-state index contributed by atoms with van der Waals surface area (Å²) >= 11 is 0. The molecule has 2 unspecified atom stereocenters. The van der Waals surface area contributed by atoms with Crippen molar-refractivity contribution in [2.24, 2.45) is 11.8 Å². The third-order valence-electron chi connectivity index (χ3n) is 4.08. The Balaban J connectivity index is 1.70. The molecule has 2 atom stereocenters. The number of hydrogen-bond acceptors (Lipinski definition) is 4. The summed E-state index contributed by atoms with van der Waals surface area (Å²) in [6.45, 7) is 5.33. The van der Waals surface area contributed by atoms with E-state index in [1.807, 2.05) is 32.9 Å². The molecule has 1 aromatic carbocycles. The standard InChI is InChI=1S/C17H22N2O4/c1-10-5-4-6-14(12(10)3)19-15(20)8-18-16(21)9-23-17(22)13-7-11(13)2/h4-6,11,13H,7-9H2,1-3H3,(H,18,21)(H,19,20). The lowest BCUT2D eigenvalue weighted by Crippen LogP contribution is -2.35. The van der Waals surface area contributed by atoms with Gasteiger partial charge in [0.2, 0.25) is 5.91 Å². The van der Waals surface area contributed by atoms with E-state index < -0.39 is 5.91 Å². The van der Waals surface area contributed by atoms with Gasteiger partial charge in [-0.25, -0.2) is 0 Å². The molecule has 2 amide bonds.